The lowest BCUT2D eigenvalue weighted by Crippen LogP contribution is -2.34. The molecule has 0 fully saturated rings. The number of ether oxygens (including phenoxy) is 1. The number of rotatable bonds is 5. The van der Waals surface area contributed by atoms with E-state index in [1.807, 2.05) is 6.92 Å². The monoisotopic (exact) mass is 380 g/mol. The van der Waals surface area contributed by atoms with Gasteiger partial charge in [-0.1, -0.05) is 30.1 Å². The maximum Gasteiger partial charge on any atom is 0.328 e. The largest absolute Gasteiger partial charge is 0.439 e. The average molecular weight is 381 g/mol. The molecular formula is C16H14Cl2N4O3. The molecule has 2 aromatic heterocycles. The maximum absolute atomic E-state index is 11.9. The lowest BCUT2D eigenvalue weighted by Gasteiger charge is -2.07. The molecule has 3 rings (SSSR count). The van der Waals surface area contributed by atoms with Crippen molar-refractivity contribution < 1.29 is 4.74 Å². The molecule has 3 aromatic rings. The Kier molecular flexibility index (Phi) is 4.96. The SMILES string of the molecule is CCc1c(Cn2c(=O)cc[nH]c2=O)n[nH]c1Oc1cc(Cl)cc(Cl)c1. The Bertz CT molecular complexity index is 974. The Balaban J connectivity index is 1.93. The number of nitrogens with one attached hydrogen (secondary N) is 2. The summed E-state index contributed by atoms with van der Waals surface area (Å²) in [6.07, 6.45) is 1.90. The fraction of sp³-hybridized carbons (Fsp3) is 0.188. The predicted octanol–water partition coefficient (Wildman–Crippen LogP) is 2.97. The van der Waals surface area contributed by atoms with Gasteiger partial charge in [0.1, 0.15) is 5.75 Å². The van der Waals surface area contributed by atoms with Gasteiger partial charge in [-0.15, -0.1) is 0 Å². The first-order valence-corrected chi connectivity index (χ1v) is 8.22. The molecule has 1 aromatic carbocycles. The standard InChI is InChI=1S/C16H14Cl2N4O3/c1-2-12-13(8-22-14(23)3-4-19-16(22)24)20-21-15(12)25-11-6-9(17)5-10(18)7-11/h3-7H,2,8H2,1H3,(H,19,24)(H,20,21). The van der Waals surface area contributed by atoms with Gasteiger partial charge in [-0.2, -0.15) is 5.10 Å². The Labute approximate surface area is 152 Å². The topological polar surface area (TPSA) is 92.8 Å². The molecular weight excluding hydrogens is 367 g/mol. The van der Waals surface area contributed by atoms with Crippen LogP contribution in [0.4, 0.5) is 0 Å². The minimum Gasteiger partial charge on any atom is -0.439 e. The molecule has 0 atom stereocenters. The van der Waals surface area contributed by atoms with E-state index in [4.69, 9.17) is 27.9 Å². The molecule has 0 amide bonds. The van der Waals surface area contributed by atoms with E-state index >= 15 is 0 Å². The van der Waals surface area contributed by atoms with Crippen LogP contribution in [-0.2, 0) is 13.0 Å². The number of benzene rings is 1. The second-order valence-corrected chi connectivity index (χ2v) is 6.12. The molecule has 0 unspecified atom stereocenters. The predicted molar refractivity (Wildman–Crippen MR) is 94.9 cm³/mol. The summed E-state index contributed by atoms with van der Waals surface area (Å²) in [5.41, 5.74) is 0.398. The lowest BCUT2D eigenvalue weighted by atomic mass is 10.2. The number of nitrogens with zero attached hydrogens (tertiary/aromatic N) is 2. The first-order valence-electron chi connectivity index (χ1n) is 7.46. The van der Waals surface area contributed by atoms with Gasteiger partial charge >= 0.3 is 5.69 Å². The van der Waals surface area contributed by atoms with Gasteiger partial charge in [-0.05, 0) is 24.6 Å². The van der Waals surface area contributed by atoms with E-state index in [1.165, 1.54) is 12.3 Å². The Morgan fingerprint density at radius 3 is 2.56 bits per heavy atom. The van der Waals surface area contributed by atoms with Crippen LogP contribution in [0.5, 0.6) is 11.6 Å². The molecule has 0 saturated carbocycles. The summed E-state index contributed by atoms with van der Waals surface area (Å²) in [4.78, 5) is 26.2. The molecule has 7 nitrogen and oxygen atoms in total. The molecule has 0 aliphatic heterocycles. The summed E-state index contributed by atoms with van der Waals surface area (Å²) < 4.78 is 6.85. The number of aromatic nitrogens is 4. The van der Waals surface area contributed by atoms with E-state index in [-0.39, 0.29) is 6.54 Å². The van der Waals surface area contributed by atoms with Crippen molar-refractivity contribution in [3.8, 4) is 11.6 Å². The van der Waals surface area contributed by atoms with Gasteiger partial charge < -0.3 is 9.72 Å². The molecule has 130 valence electrons. The number of halogens is 2. The van der Waals surface area contributed by atoms with Crippen molar-refractivity contribution in [2.75, 3.05) is 0 Å². The summed E-state index contributed by atoms with van der Waals surface area (Å²) in [7, 11) is 0. The van der Waals surface area contributed by atoms with Gasteiger partial charge in [-0.3, -0.25) is 9.36 Å². The van der Waals surface area contributed by atoms with Crippen LogP contribution in [0, 0.1) is 0 Å². The van der Waals surface area contributed by atoms with E-state index in [0.717, 1.165) is 10.1 Å². The molecule has 25 heavy (non-hydrogen) atoms. The van der Waals surface area contributed by atoms with Crippen LogP contribution in [0.1, 0.15) is 18.2 Å². The lowest BCUT2D eigenvalue weighted by molar-refractivity contribution is 0.456. The highest BCUT2D eigenvalue weighted by Gasteiger charge is 2.16. The Morgan fingerprint density at radius 1 is 1.20 bits per heavy atom. The third-order valence-electron chi connectivity index (χ3n) is 3.58. The third kappa shape index (κ3) is 3.78. The van der Waals surface area contributed by atoms with Crippen LogP contribution in [-0.4, -0.2) is 19.7 Å². The summed E-state index contributed by atoms with van der Waals surface area (Å²) in [5, 5.41) is 7.86. The molecule has 0 aliphatic rings. The summed E-state index contributed by atoms with van der Waals surface area (Å²) in [5.74, 6) is 0.869. The smallest absolute Gasteiger partial charge is 0.328 e. The molecule has 0 spiro atoms. The summed E-state index contributed by atoms with van der Waals surface area (Å²) in [6, 6.07) is 6.13. The Hall–Kier alpha value is -2.51. The van der Waals surface area contributed by atoms with Crippen molar-refractivity contribution in [1.29, 1.82) is 0 Å². The van der Waals surface area contributed by atoms with Gasteiger partial charge in [0.15, 0.2) is 0 Å². The second-order valence-electron chi connectivity index (χ2n) is 5.25. The van der Waals surface area contributed by atoms with Crippen molar-refractivity contribution in [1.82, 2.24) is 19.7 Å². The van der Waals surface area contributed by atoms with Crippen molar-refractivity contribution in [3.63, 3.8) is 0 Å². The zero-order valence-electron chi connectivity index (χ0n) is 13.2. The molecule has 9 heteroatoms. The molecule has 0 saturated heterocycles. The molecule has 0 aliphatic carbocycles. The van der Waals surface area contributed by atoms with Gasteiger partial charge in [0.2, 0.25) is 5.88 Å². The molecule has 0 radical (unpaired) electrons. The average Bonchev–Trinajstić information content (AvgIpc) is 2.91. The highest BCUT2D eigenvalue weighted by atomic mass is 35.5. The Morgan fingerprint density at radius 2 is 1.92 bits per heavy atom. The zero-order chi connectivity index (χ0) is 18.0. The van der Waals surface area contributed by atoms with Crippen LogP contribution >= 0.6 is 23.2 Å². The van der Waals surface area contributed by atoms with Gasteiger partial charge in [0.05, 0.1) is 12.2 Å². The summed E-state index contributed by atoms with van der Waals surface area (Å²) in [6.45, 7) is 1.96. The zero-order valence-corrected chi connectivity index (χ0v) is 14.7. The van der Waals surface area contributed by atoms with Crippen LogP contribution in [0.15, 0.2) is 40.1 Å². The maximum atomic E-state index is 11.9. The van der Waals surface area contributed by atoms with Crippen molar-refractivity contribution in [2.24, 2.45) is 0 Å². The van der Waals surface area contributed by atoms with Gasteiger partial charge in [0.25, 0.3) is 5.56 Å². The highest BCUT2D eigenvalue weighted by Crippen LogP contribution is 2.30. The number of hydrogen-bond acceptors (Lipinski definition) is 4. The first kappa shape index (κ1) is 17.3. The molecule has 0 bridgehead atoms. The summed E-state index contributed by atoms with van der Waals surface area (Å²) >= 11 is 11.9. The van der Waals surface area contributed by atoms with Gasteiger partial charge in [0, 0.05) is 27.9 Å². The van der Waals surface area contributed by atoms with Crippen molar-refractivity contribution in [2.45, 2.75) is 19.9 Å². The highest BCUT2D eigenvalue weighted by molar-refractivity contribution is 6.34. The van der Waals surface area contributed by atoms with E-state index in [1.54, 1.807) is 18.2 Å². The molecule has 2 heterocycles. The quantitative estimate of drug-likeness (QED) is 0.711. The second kappa shape index (κ2) is 7.16. The van der Waals surface area contributed by atoms with Crippen LogP contribution < -0.4 is 16.0 Å². The normalized spacial score (nSPS) is 10.8. The minimum atomic E-state index is -0.498. The number of hydrogen-bond donors (Lipinski definition) is 2. The van der Waals surface area contributed by atoms with Crippen molar-refractivity contribution >= 4 is 23.2 Å². The molecule has 2 N–H and O–H groups in total. The van der Waals surface area contributed by atoms with E-state index in [2.05, 4.69) is 15.2 Å². The number of H-pyrrole nitrogens is 2. The minimum absolute atomic E-state index is 0.0361. The fourth-order valence-electron chi connectivity index (χ4n) is 2.42. The van der Waals surface area contributed by atoms with Crippen LogP contribution in [0.3, 0.4) is 0 Å². The van der Waals surface area contributed by atoms with Crippen LogP contribution in [0.25, 0.3) is 0 Å². The van der Waals surface area contributed by atoms with Crippen LogP contribution in [0.2, 0.25) is 10.0 Å². The van der Waals surface area contributed by atoms with E-state index in [0.29, 0.717) is 33.8 Å². The number of aromatic amines is 2. The van der Waals surface area contributed by atoms with Gasteiger partial charge in [-0.25, -0.2) is 9.89 Å². The third-order valence-corrected chi connectivity index (χ3v) is 4.01. The fourth-order valence-corrected chi connectivity index (χ4v) is 2.93. The first-order chi connectivity index (χ1) is 12.0. The van der Waals surface area contributed by atoms with E-state index < -0.39 is 11.2 Å². The van der Waals surface area contributed by atoms with E-state index in [9.17, 15) is 9.59 Å². The van der Waals surface area contributed by atoms with Crippen molar-refractivity contribution in [3.05, 3.63) is 72.6 Å².